The van der Waals surface area contributed by atoms with Crippen LogP contribution in [0.2, 0.25) is 0 Å². The molecule has 0 aliphatic heterocycles. The third kappa shape index (κ3) is 8.25. The van der Waals surface area contributed by atoms with E-state index in [1.807, 2.05) is 0 Å². The van der Waals surface area contributed by atoms with Crippen LogP contribution < -0.4 is 0 Å². The summed E-state index contributed by atoms with van der Waals surface area (Å²) < 4.78 is 11.0. The van der Waals surface area contributed by atoms with Crippen LogP contribution in [0.1, 0.15) is 34.1 Å². The fraction of sp³-hybridized carbons (Fsp3) is 1.00. The fourth-order valence-electron chi connectivity index (χ4n) is 0.620. The average Bonchev–Trinajstić information content (AvgIpc) is 2.11. The maximum absolute atomic E-state index is 5.50. The number of hydrogen-bond acceptors (Lipinski definition) is 3. The summed E-state index contributed by atoms with van der Waals surface area (Å²) in [5.74, 6) is 0.990. The second kappa shape index (κ2) is 7.24. The molecule has 0 aliphatic rings. The molecule has 0 amide bonds. The molecule has 0 heterocycles. The molecule has 0 bridgehead atoms. The molecule has 0 saturated carbocycles. The zero-order valence-electron chi connectivity index (χ0n) is 9.40. The molecule has 14 heavy (non-hydrogen) atoms. The predicted molar refractivity (Wildman–Crippen MR) is 69.5 cm³/mol. The van der Waals surface area contributed by atoms with Crippen molar-refractivity contribution in [3.8, 4) is 0 Å². The van der Waals surface area contributed by atoms with E-state index in [2.05, 4.69) is 39.9 Å². The van der Waals surface area contributed by atoms with Crippen molar-refractivity contribution in [3.05, 3.63) is 0 Å². The third-order valence-corrected chi connectivity index (χ3v) is 4.07. The van der Waals surface area contributed by atoms with Crippen molar-refractivity contribution >= 4 is 29.7 Å². The van der Waals surface area contributed by atoms with E-state index >= 15 is 0 Å². The molecule has 0 radical (unpaired) electrons. The van der Waals surface area contributed by atoms with E-state index in [0.717, 1.165) is 6.42 Å². The van der Waals surface area contributed by atoms with Crippen LogP contribution >= 0.6 is 17.9 Å². The first-order valence-electron chi connectivity index (χ1n) is 4.99. The van der Waals surface area contributed by atoms with Gasteiger partial charge in [-0.1, -0.05) is 46.4 Å². The van der Waals surface area contributed by atoms with Crippen molar-refractivity contribution in [2.75, 3.05) is 13.2 Å². The van der Waals surface area contributed by atoms with Gasteiger partial charge < -0.3 is 9.05 Å². The molecule has 0 aromatic carbocycles. The summed E-state index contributed by atoms with van der Waals surface area (Å²) in [5.41, 5.74) is -2.29. The Bertz CT molecular complexity index is 197. The highest BCUT2D eigenvalue weighted by molar-refractivity contribution is 8.60. The standard InChI is InChI=1S/C9H21O2PS2/c1-5-9(4)7-11-12(13,14)10-6-8(2)3/h8-9H,5-7H2,1-4H3,(H,13,14). The van der Waals surface area contributed by atoms with E-state index in [9.17, 15) is 0 Å². The molecule has 0 rings (SSSR count). The molecule has 0 fully saturated rings. The molecule has 0 saturated heterocycles. The summed E-state index contributed by atoms with van der Waals surface area (Å²) in [5, 5.41) is 0. The minimum atomic E-state index is -2.29. The van der Waals surface area contributed by atoms with Crippen molar-refractivity contribution in [2.45, 2.75) is 34.1 Å². The van der Waals surface area contributed by atoms with Gasteiger partial charge in [-0.3, -0.25) is 0 Å². The van der Waals surface area contributed by atoms with E-state index in [-0.39, 0.29) is 0 Å². The number of rotatable bonds is 7. The molecular weight excluding hydrogens is 235 g/mol. The topological polar surface area (TPSA) is 18.5 Å². The van der Waals surface area contributed by atoms with E-state index < -0.39 is 5.69 Å². The zero-order chi connectivity index (χ0) is 11.2. The van der Waals surface area contributed by atoms with Crippen molar-refractivity contribution in [3.63, 3.8) is 0 Å². The molecular formula is C9H21O2PS2. The molecule has 5 heteroatoms. The summed E-state index contributed by atoms with van der Waals surface area (Å²) in [4.78, 5) is 0. The molecule has 2 nitrogen and oxygen atoms in total. The summed E-state index contributed by atoms with van der Waals surface area (Å²) in [6, 6.07) is 0. The molecule has 0 aromatic heterocycles. The van der Waals surface area contributed by atoms with Crippen LogP contribution in [-0.4, -0.2) is 13.2 Å². The van der Waals surface area contributed by atoms with Gasteiger partial charge in [0.1, 0.15) is 0 Å². The summed E-state index contributed by atoms with van der Waals surface area (Å²) in [6.45, 7) is 9.70. The Morgan fingerprint density at radius 1 is 1.21 bits per heavy atom. The zero-order valence-corrected chi connectivity index (χ0v) is 12.0. The minimum absolute atomic E-state index is 0.469. The first kappa shape index (κ1) is 14.9. The highest BCUT2D eigenvalue weighted by Gasteiger charge is 2.15. The molecule has 0 N–H and O–H groups in total. The van der Waals surface area contributed by atoms with Crippen LogP contribution in [0.25, 0.3) is 0 Å². The Morgan fingerprint density at radius 2 is 1.71 bits per heavy atom. The molecule has 0 aromatic rings. The van der Waals surface area contributed by atoms with Gasteiger partial charge in [-0.05, 0) is 23.6 Å². The van der Waals surface area contributed by atoms with Gasteiger partial charge in [0.15, 0.2) is 0 Å². The SMILES string of the molecule is CCC(C)COP(=S)(S)OCC(C)C. The van der Waals surface area contributed by atoms with Gasteiger partial charge in [0, 0.05) is 0 Å². The molecule has 0 aliphatic carbocycles. The van der Waals surface area contributed by atoms with Gasteiger partial charge in [-0.15, -0.1) is 0 Å². The lowest BCUT2D eigenvalue weighted by Gasteiger charge is -2.19. The van der Waals surface area contributed by atoms with E-state index in [1.165, 1.54) is 0 Å². The van der Waals surface area contributed by atoms with Crippen LogP contribution in [0, 0.1) is 11.8 Å². The third-order valence-electron chi connectivity index (χ3n) is 1.79. The Morgan fingerprint density at radius 3 is 2.14 bits per heavy atom. The van der Waals surface area contributed by atoms with Crippen molar-refractivity contribution in [1.82, 2.24) is 0 Å². The predicted octanol–water partition coefficient (Wildman–Crippen LogP) is 3.88. The summed E-state index contributed by atoms with van der Waals surface area (Å²) in [7, 11) is 0. The Kier molecular flexibility index (Phi) is 7.71. The Hall–Kier alpha value is 0.920. The highest BCUT2D eigenvalue weighted by atomic mass is 32.9. The average molecular weight is 256 g/mol. The highest BCUT2D eigenvalue weighted by Crippen LogP contribution is 2.53. The summed E-state index contributed by atoms with van der Waals surface area (Å²) >= 11 is 9.42. The van der Waals surface area contributed by atoms with Gasteiger partial charge in [0.05, 0.1) is 13.2 Å². The van der Waals surface area contributed by atoms with Gasteiger partial charge in [-0.25, -0.2) is 0 Å². The van der Waals surface area contributed by atoms with Gasteiger partial charge >= 0.3 is 0 Å². The van der Waals surface area contributed by atoms with Crippen LogP contribution in [0.4, 0.5) is 0 Å². The van der Waals surface area contributed by atoms with E-state index in [0.29, 0.717) is 25.0 Å². The number of hydrogen-bond donors (Lipinski definition) is 1. The lowest BCUT2D eigenvalue weighted by atomic mass is 10.1. The maximum Gasteiger partial charge on any atom is 0.244 e. The summed E-state index contributed by atoms with van der Waals surface area (Å²) in [6.07, 6.45) is 1.09. The fourth-order valence-corrected chi connectivity index (χ4v) is 2.39. The van der Waals surface area contributed by atoms with Crippen LogP contribution in [0.15, 0.2) is 0 Å². The van der Waals surface area contributed by atoms with Crippen molar-refractivity contribution < 1.29 is 9.05 Å². The largest absolute Gasteiger partial charge is 0.322 e. The van der Waals surface area contributed by atoms with Gasteiger partial charge in [0.2, 0.25) is 5.69 Å². The molecule has 2 atom stereocenters. The second-order valence-electron chi connectivity index (χ2n) is 3.97. The normalized spacial score (nSPS) is 18.1. The Labute approximate surface area is 98.1 Å². The van der Waals surface area contributed by atoms with Crippen molar-refractivity contribution in [1.29, 1.82) is 0 Å². The lowest BCUT2D eigenvalue weighted by molar-refractivity contribution is 0.213. The maximum atomic E-state index is 5.50. The van der Waals surface area contributed by atoms with E-state index in [1.54, 1.807) is 0 Å². The molecule has 2 unspecified atom stereocenters. The van der Waals surface area contributed by atoms with Crippen LogP contribution in [-0.2, 0) is 20.9 Å². The minimum Gasteiger partial charge on any atom is -0.322 e. The Balaban J connectivity index is 3.77. The van der Waals surface area contributed by atoms with Crippen LogP contribution in [0.5, 0.6) is 0 Å². The number of thiol groups is 1. The lowest BCUT2D eigenvalue weighted by Crippen LogP contribution is -2.05. The van der Waals surface area contributed by atoms with E-state index in [4.69, 9.17) is 20.9 Å². The first-order chi connectivity index (χ1) is 6.37. The van der Waals surface area contributed by atoms with Crippen LogP contribution in [0.3, 0.4) is 0 Å². The molecule has 0 spiro atoms. The van der Waals surface area contributed by atoms with Gasteiger partial charge in [-0.2, -0.15) is 0 Å². The van der Waals surface area contributed by atoms with Crippen molar-refractivity contribution in [2.24, 2.45) is 11.8 Å². The van der Waals surface area contributed by atoms with Gasteiger partial charge in [0.25, 0.3) is 0 Å². The molecule has 86 valence electrons. The monoisotopic (exact) mass is 256 g/mol. The first-order valence-corrected chi connectivity index (χ1v) is 8.78. The second-order valence-corrected chi connectivity index (χ2v) is 9.25. The smallest absolute Gasteiger partial charge is 0.244 e. The quantitative estimate of drug-likeness (QED) is 0.551.